The SMILES string of the molecule is N#Cc1cccc(S(=O)(=O)CCNCCc2ncno2)c1. The van der Waals surface area contributed by atoms with Crippen molar-refractivity contribution in [3.63, 3.8) is 0 Å². The normalized spacial score (nSPS) is 11.2. The maximum Gasteiger partial charge on any atom is 0.227 e. The van der Waals surface area contributed by atoms with Crippen LogP contribution in [0.2, 0.25) is 0 Å². The van der Waals surface area contributed by atoms with Gasteiger partial charge in [-0.3, -0.25) is 0 Å². The maximum atomic E-state index is 12.1. The molecule has 0 atom stereocenters. The number of hydrogen-bond donors (Lipinski definition) is 1. The maximum absolute atomic E-state index is 12.1. The van der Waals surface area contributed by atoms with Crippen molar-refractivity contribution in [2.75, 3.05) is 18.8 Å². The molecule has 0 bridgehead atoms. The Morgan fingerprint density at radius 3 is 2.90 bits per heavy atom. The Labute approximate surface area is 122 Å². The molecule has 0 saturated carbocycles. The van der Waals surface area contributed by atoms with Gasteiger partial charge in [0.2, 0.25) is 5.89 Å². The molecule has 1 heterocycles. The topological polar surface area (TPSA) is 109 Å². The van der Waals surface area contributed by atoms with E-state index in [1.165, 1.54) is 18.5 Å². The average Bonchev–Trinajstić information content (AvgIpc) is 3.00. The lowest BCUT2D eigenvalue weighted by atomic mass is 10.2. The van der Waals surface area contributed by atoms with E-state index >= 15 is 0 Å². The van der Waals surface area contributed by atoms with Crippen molar-refractivity contribution in [2.24, 2.45) is 0 Å². The number of sulfone groups is 1. The molecule has 2 aromatic rings. The van der Waals surface area contributed by atoms with Crippen LogP contribution in [-0.4, -0.2) is 37.4 Å². The summed E-state index contributed by atoms with van der Waals surface area (Å²) >= 11 is 0. The van der Waals surface area contributed by atoms with Gasteiger partial charge in [-0.2, -0.15) is 10.2 Å². The highest BCUT2D eigenvalue weighted by molar-refractivity contribution is 7.91. The van der Waals surface area contributed by atoms with E-state index in [2.05, 4.69) is 15.5 Å². The second-order valence-electron chi connectivity index (χ2n) is 4.29. The van der Waals surface area contributed by atoms with Gasteiger partial charge in [-0.05, 0) is 18.2 Å². The lowest BCUT2D eigenvalue weighted by Crippen LogP contribution is -2.25. The Bertz CT molecular complexity index is 720. The van der Waals surface area contributed by atoms with Gasteiger partial charge in [0, 0.05) is 19.5 Å². The highest BCUT2D eigenvalue weighted by atomic mass is 32.2. The fraction of sp³-hybridized carbons (Fsp3) is 0.308. The molecule has 0 radical (unpaired) electrons. The quantitative estimate of drug-likeness (QED) is 0.744. The fourth-order valence-electron chi connectivity index (χ4n) is 1.71. The molecule has 0 aliphatic carbocycles. The van der Waals surface area contributed by atoms with Gasteiger partial charge in [-0.25, -0.2) is 8.42 Å². The van der Waals surface area contributed by atoms with Crippen molar-refractivity contribution < 1.29 is 12.9 Å². The number of nitriles is 1. The van der Waals surface area contributed by atoms with Crippen LogP contribution in [-0.2, 0) is 16.3 Å². The molecule has 0 aliphatic rings. The van der Waals surface area contributed by atoms with Crippen molar-refractivity contribution in [3.8, 4) is 6.07 Å². The summed E-state index contributed by atoms with van der Waals surface area (Å²) in [6.45, 7) is 0.864. The summed E-state index contributed by atoms with van der Waals surface area (Å²) in [6.07, 6.45) is 1.87. The summed E-state index contributed by atoms with van der Waals surface area (Å²) in [7, 11) is -3.39. The molecule has 1 aromatic carbocycles. The van der Waals surface area contributed by atoms with Crippen LogP contribution in [0.15, 0.2) is 40.0 Å². The Morgan fingerprint density at radius 1 is 1.33 bits per heavy atom. The molecule has 21 heavy (non-hydrogen) atoms. The lowest BCUT2D eigenvalue weighted by molar-refractivity contribution is 0.375. The molecule has 0 saturated heterocycles. The fourth-order valence-corrected chi connectivity index (χ4v) is 2.95. The zero-order valence-corrected chi connectivity index (χ0v) is 12.0. The number of nitrogens with one attached hydrogen (secondary N) is 1. The second-order valence-corrected chi connectivity index (χ2v) is 6.40. The summed E-state index contributed by atoms with van der Waals surface area (Å²) in [5.41, 5.74) is 0.334. The van der Waals surface area contributed by atoms with Crippen molar-refractivity contribution in [3.05, 3.63) is 42.0 Å². The molecule has 0 unspecified atom stereocenters. The van der Waals surface area contributed by atoms with Gasteiger partial charge < -0.3 is 9.84 Å². The molecule has 110 valence electrons. The Balaban J connectivity index is 1.82. The molecule has 1 aromatic heterocycles. The zero-order valence-electron chi connectivity index (χ0n) is 11.2. The molecule has 0 aliphatic heterocycles. The summed E-state index contributed by atoms with van der Waals surface area (Å²) < 4.78 is 29.0. The molecule has 7 nitrogen and oxygen atoms in total. The van der Waals surface area contributed by atoms with Crippen LogP contribution in [0.4, 0.5) is 0 Å². The molecule has 8 heteroatoms. The predicted molar refractivity (Wildman–Crippen MR) is 74.1 cm³/mol. The Kier molecular flexibility index (Phi) is 5.03. The lowest BCUT2D eigenvalue weighted by Gasteiger charge is -2.05. The van der Waals surface area contributed by atoms with Crippen molar-refractivity contribution in [1.82, 2.24) is 15.5 Å². The van der Waals surface area contributed by atoms with Crippen molar-refractivity contribution >= 4 is 9.84 Å². The highest BCUT2D eigenvalue weighted by Crippen LogP contribution is 2.12. The van der Waals surface area contributed by atoms with E-state index in [0.717, 1.165) is 0 Å². The first-order chi connectivity index (χ1) is 10.1. The number of rotatable bonds is 7. The standard InChI is InChI=1S/C13H14N4O3S/c14-9-11-2-1-3-12(8-11)21(18,19)7-6-15-5-4-13-16-10-17-20-13/h1-3,8,10,15H,4-7H2. The molecule has 2 rings (SSSR count). The first kappa shape index (κ1) is 15.2. The first-order valence-corrected chi connectivity index (χ1v) is 7.96. The minimum Gasteiger partial charge on any atom is -0.340 e. The van der Waals surface area contributed by atoms with E-state index in [0.29, 0.717) is 31.0 Å². The van der Waals surface area contributed by atoms with Gasteiger partial charge in [0.15, 0.2) is 16.2 Å². The van der Waals surface area contributed by atoms with Gasteiger partial charge in [-0.1, -0.05) is 11.2 Å². The minimum atomic E-state index is -3.39. The van der Waals surface area contributed by atoms with Crippen LogP contribution < -0.4 is 5.32 Å². The largest absolute Gasteiger partial charge is 0.340 e. The predicted octanol–water partition coefficient (Wildman–Crippen LogP) is 0.547. The van der Waals surface area contributed by atoms with Crippen LogP contribution in [0.1, 0.15) is 11.5 Å². The van der Waals surface area contributed by atoms with E-state index in [-0.39, 0.29) is 10.6 Å². The van der Waals surface area contributed by atoms with Crippen LogP contribution in [0, 0.1) is 11.3 Å². The van der Waals surface area contributed by atoms with Crippen molar-refractivity contribution in [1.29, 1.82) is 5.26 Å². The van der Waals surface area contributed by atoms with E-state index < -0.39 is 9.84 Å². The summed E-state index contributed by atoms with van der Waals surface area (Å²) in [6, 6.07) is 7.94. The Morgan fingerprint density at radius 2 is 2.19 bits per heavy atom. The highest BCUT2D eigenvalue weighted by Gasteiger charge is 2.14. The second kappa shape index (κ2) is 6.97. The summed E-state index contributed by atoms with van der Waals surface area (Å²) in [5.74, 6) is 0.471. The van der Waals surface area contributed by atoms with Gasteiger partial charge in [-0.15, -0.1) is 0 Å². The van der Waals surface area contributed by atoms with Gasteiger partial charge >= 0.3 is 0 Å². The molecular weight excluding hydrogens is 292 g/mol. The van der Waals surface area contributed by atoms with Crippen LogP contribution >= 0.6 is 0 Å². The molecular formula is C13H14N4O3S. The molecule has 0 amide bonds. The molecule has 0 fully saturated rings. The van der Waals surface area contributed by atoms with Crippen LogP contribution in [0.3, 0.4) is 0 Å². The van der Waals surface area contributed by atoms with E-state index in [1.807, 2.05) is 6.07 Å². The third-order valence-electron chi connectivity index (χ3n) is 2.79. The van der Waals surface area contributed by atoms with Crippen molar-refractivity contribution in [2.45, 2.75) is 11.3 Å². The number of benzene rings is 1. The van der Waals surface area contributed by atoms with Crippen LogP contribution in [0.25, 0.3) is 0 Å². The first-order valence-electron chi connectivity index (χ1n) is 6.31. The van der Waals surface area contributed by atoms with Gasteiger partial charge in [0.1, 0.15) is 0 Å². The summed E-state index contributed by atoms with van der Waals surface area (Å²) in [4.78, 5) is 4.03. The van der Waals surface area contributed by atoms with E-state index in [1.54, 1.807) is 12.1 Å². The minimum absolute atomic E-state index is 0.0360. The third kappa shape index (κ3) is 4.37. The number of nitrogens with zero attached hydrogens (tertiary/aromatic N) is 3. The monoisotopic (exact) mass is 306 g/mol. The molecule has 0 spiro atoms. The smallest absolute Gasteiger partial charge is 0.227 e. The van der Waals surface area contributed by atoms with Crippen LogP contribution in [0.5, 0.6) is 0 Å². The summed E-state index contributed by atoms with van der Waals surface area (Å²) in [5, 5.41) is 15.3. The third-order valence-corrected chi connectivity index (χ3v) is 4.51. The van der Waals surface area contributed by atoms with E-state index in [4.69, 9.17) is 9.78 Å². The van der Waals surface area contributed by atoms with Gasteiger partial charge in [0.05, 0.1) is 22.3 Å². The molecule has 1 N–H and O–H groups in total. The van der Waals surface area contributed by atoms with E-state index in [9.17, 15) is 8.42 Å². The Hall–Kier alpha value is -2.24. The van der Waals surface area contributed by atoms with Gasteiger partial charge in [0.25, 0.3) is 0 Å². The average molecular weight is 306 g/mol. The number of hydrogen-bond acceptors (Lipinski definition) is 7. The number of aromatic nitrogens is 2. The zero-order chi connectivity index (χ0) is 15.1.